The van der Waals surface area contributed by atoms with Crippen LogP contribution in [0.5, 0.6) is 17.6 Å². The van der Waals surface area contributed by atoms with Gasteiger partial charge in [0.15, 0.2) is 5.82 Å². The molecule has 2 N–H and O–H groups in total. The van der Waals surface area contributed by atoms with Gasteiger partial charge in [-0.3, -0.25) is 4.79 Å². The van der Waals surface area contributed by atoms with Crippen molar-refractivity contribution in [2.24, 2.45) is 5.92 Å². The van der Waals surface area contributed by atoms with Gasteiger partial charge in [-0.15, -0.1) is 6.42 Å². The zero-order chi connectivity index (χ0) is 35.2. The lowest BCUT2D eigenvalue weighted by Crippen LogP contribution is -2.62. The first kappa shape index (κ1) is 34.1. The first-order valence-corrected chi connectivity index (χ1v) is 15.5. The summed E-state index contributed by atoms with van der Waals surface area (Å²) in [6.45, 7) is 3.85. The molecule has 4 heterocycles. The van der Waals surface area contributed by atoms with Crippen LogP contribution >= 0.6 is 0 Å². The normalized spacial score (nSPS) is 19.3. The van der Waals surface area contributed by atoms with E-state index in [1.807, 2.05) is 0 Å². The summed E-state index contributed by atoms with van der Waals surface area (Å²) in [7, 11) is 1.46. The zero-order valence-corrected chi connectivity index (χ0v) is 26.7. The van der Waals surface area contributed by atoms with Crippen LogP contribution in [0.1, 0.15) is 32.3 Å². The van der Waals surface area contributed by atoms with Gasteiger partial charge in [-0.25, -0.2) is 13.8 Å². The van der Waals surface area contributed by atoms with Crippen LogP contribution in [0.15, 0.2) is 24.3 Å². The molecule has 6 rings (SSSR count). The Bertz CT molecular complexity index is 1970. The van der Waals surface area contributed by atoms with Crippen LogP contribution in [0, 0.1) is 29.9 Å². The number of aromatic hydroxyl groups is 1. The molecule has 2 aliphatic rings. The number of benzene rings is 2. The molecule has 2 saturated heterocycles. The SMILES string of the molecule is C#Cc1c(F)ccc2cc(O)cc(-c3nc(OC(C)C)c4c(N5CC6CC(C(=O)C(F)(F)F)CC(C5)N6)nc(OCCOC)nc4c3F)c12. The molecule has 0 amide bonds. The molecular formula is C34H32F5N5O5. The van der Waals surface area contributed by atoms with E-state index in [1.54, 1.807) is 18.7 Å². The number of anilines is 1. The van der Waals surface area contributed by atoms with E-state index in [1.165, 1.54) is 25.3 Å². The second kappa shape index (κ2) is 13.2. The Balaban J connectivity index is 1.55. The summed E-state index contributed by atoms with van der Waals surface area (Å²) >= 11 is 0. The summed E-state index contributed by atoms with van der Waals surface area (Å²) < 4.78 is 88.7. The number of methoxy groups -OCH3 is 1. The van der Waals surface area contributed by atoms with Gasteiger partial charge in [0, 0.05) is 49.2 Å². The summed E-state index contributed by atoms with van der Waals surface area (Å²) in [5.41, 5.74) is -0.803. The Morgan fingerprint density at radius 2 is 1.82 bits per heavy atom. The van der Waals surface area contributed by atoms with Crippen LogP contribution in [0.2, 0.25) is 0 Å². The number of nitrogens with one attached hydrogen (secondary N) is 1. The summed E-state index contributed by atoms with van der Waals surface area (Å²) in [5.74, 6) is -2.54. The molecule has 0 spiro atoms. The summed E-state index contributed by atoms with van der Waals surface area (Å²) in [6, 6.07) is 3.85. The standard InChI is InChI=1S/C34H32F5N5O5/c1-5-22-24(35)7-6-17-12-21(45)13-23(25(17)22)28-27(36)29-26(32(41-28)49-16(2)3)31(43-33(42-29)48-9-8-47-4)44-14-19-10-18(11-20(15-44)40-19)30(46)34(37,38)39/h1,6-7,12-13,16,18-20,40,45H,8-11,14-15H2,2-4H3. The maximum atomic E-state index is 17.0. The van der Waals surface area contributed by atoms with Crippen molar-refractivity contribution in [1.29, 1.82) is 0 Å². The highest BCUT2D eigenvalue weighted by atomic mass is 19.4. The average Bonchev–Trinajstić information content (AvgIpc) is 3.04. The largest absolute Gasteiger partial charge is 0.508 e. The van der Waals surface area contributed by atoms with Crippen molar-refractivity contribution >= 4 is 33.3 Å². The van der Waals surface area contributed by atoms with Crippen molar-refractivity contribution in [3.05, 3.63) is 41.5 Å². The van der Waals surface area contributed by atoms with Crippen molar-refractivity contribution in [3.63, 3.8) is 0 Å². The fourth-order valence-electron chi connectivity index (χ4n) is 6.58. The first-order valence-electron chi connectivity index (χ1n) is 15.5. The molecule has 2 fully saturated rings. The molecular weight excluding hydrogens is 653 g/mol. The number of hydrogen-bond donors (Lipinski definition) is 2. The lowest BCUT2D eigenvalue weighted by atomic mass is 9.82. The number of Topliss-reactive ketones (excluding diaryl/α,β-unsaturated/α-hetero) is 1. The van der Waals surface area contributed by atoms with E-state index < -0.39 is 47.7 Å². The summed E-state index contributed by atoms with van der Waals surface area (Å²) in [4.78, 5) is 27.4. The fraction of sp³-hybridized carbons (Fsp3) is 0.412. The molecule has 15 heteroatoms. The Labute approximate surface area is 277 Å². The third-order valence-electron chi connectivity index (χ3n) is 8.47. The predicted octanol–water partition coefficient (Wildman–Crippen LogP) is 5.31. The molecule has 4 aromatic rings. The number of pyridine rings is 1. The van der Waals surface area contributed by atoms with Crippen LogP contribution < -0.4 is 19.7 Å². The minimum Gasteiger partial charge on any atom is -0.508 e. The van der Waals surface area contributed by atoms with Crippen LogP contribution in [0.25, 0.3) is 32.9 Å². The fourth-order valence-corrected chi connectivity index (χ4v) is 6.58. The van der Waals surface area contributed by atoms with Gasteiger partial charge in [0.25, 0.3) is 0 Å². The molecule has 0 saturated carbocycles. The number of carbonyl (C=O) groups excluding carboxylic acids is 1. The number of hydrogen-bond acceptors (Lipinski definition) is 10. The number of terminal acetylenes is 1. The topological polar surface area (TPSA) is 119 Å². The number of rotatable bonds is 9. The van der Waals surface area contributed by atoms with Crippen molar-refractivity contribution in [3.8, 4) is 41.2 Å². The van der Waals surface area contributed by atoms with Gasteiger partial charge in [-0.2, -0.15) is 23.1 Å². The van der Waals surface area contributed by atoms with Crippen molar-refractivity contribution in [1.82, 2.24) is 20.3 Å². The van der Waals surface area contributed by atoms with Crippen LogP contribution in [0.3, 0.4) is 0 Å². The second-order valence-electron chi connectivity index (χ2n) is 12.3. The van der Waals surface area contributed by atoms with Gasteiger partial charge in [0.1, 0.15) is 40.6 Å². The van der Waals surface area contributed by atoms with Gasteiger partial charge >= 0.3 is 12.2 Å². The van der Waals surface area contributed by atoms with Gasteiger partial charge in [-0.05, 0) is 50.3 Å². The second-order valence-corrected chi connectivity index (χ2v) is 12.3. The minimum absolute atomic E-state index is 0.00635. The number of nitrogens with zero attached hydrogens (tertiary/aromatic N) is 4. The van der Waals surface area contributed by atoms with Gasteiger partial charge in [0.2, 0.25) is 11.7 Å². The van der Waals surface area contributed by atoms with Gasteiger partial charge < -0.3 is 29.5 Å². The number of ketones is 1. The molecule has 0 radical (unpaired) electrons. The summed E-state index contributed by atoms with van der Waals surface area (Å²) in [5, 5.41) is 14.4. The number of piperazine rings is 1. The Kier molecular flexibility index (Phi) is 9.21. The van der Waals surface area contributed by atoms with Crippen molar-refractivity contribution in [2.45, 2.75) is 51.1 Å². The van der Waals surface area contributed by atoms with Crippen LogP contribution in [0.4, 0.5) is 27.8 Å². The highest BCUT2D eigenvalue weighted by molar-refractivity contribution is 6.04. The molecule has 2 aliphatic heterocycles. The number of carbonyl (C=O) groups is 1. The van der Waals surface area contributed by atoms with E-state index in [-0.39, 0.29) is 95.7 Å². The van der Waals surface area contributed by atoms with Crippen LogP contribution in [-0.4, -0.2) is 83.6 Å². The Hall–Kier alpha value is -4.81. The minimum atomic E-state index is -4.94. The molecule has 10 nitrogen and oxygen atoms in total. The molecule has 2 bridgehead atoms. The third-order valence-corrected chi connectivity index (χ3v) is 8.47. The maximum absolute atomic E-state index is 17.0. The Morgan fingerprint density at radius 3 is 2.45 bits per heavy atom. The number of fused-ring (bicyclic) bond motifs is 4. The number of alkyl halides is 3. The monoisotopic (exact) mass is 685 g/mol. The molecule has 258 valence electrons. The number of halogens is 5. The highest BCUT2D eigenvalue weighted by Gasteiger charge is 2.48. The number of phenolic OH excluding ortho intramolecular Hbond substituents is 1. The first-order chi connectivity index (χ1) is 23.3. The Morgan fingerprint density at radius 1 is 1.10 bits per heavy atom. The molecule has 2 aromatic carbocycles. The average molecular weight is 686 g/mol. The van der Waals surface area contributed by atoms with E-state index in [0.717, 1.165) is 6.07 Å². The van der Waals surface area contributed by atoms with E-state index >= 15 is 4.39 Å². The van der Waals surface area contributed by atoms with Gasteiger partial charge in [-0.1, -0.05) is 12.0 Å². The highest BCUT2D eigenvalue weighted by Crippen LogP contribution is 2.43. The van der Waals surface area contributed by atoms with Crippen LogP contribution in [-0.2, 0) is 9.53 Å². The number of ether oxygens (including phenoxy) is 3. The number of phenols is 1. The van der Waals surface area contributed by atoms with E-state index in [0.29, 0.717) is 5.39 Å². The molecule has 2 unspecified atom stereocenters. The zero-order valence-electron chi connectivity index (χ0n) is 26.7. The molecule has 2 aromatic heterocycles. The lowest BCUT2D eigenvalue weighted by molar-refractivity contribution is -0.177. The number of piperidine rings is 1. The lowest BCUT2D eigenvalue weighted by Gasteiger charge is -2.45. The van der Waals surface area contributed by atoms with E-state index in [2.05, 4.69) is 26.2 Å². The predicted molar refractivity (Wildman–Crippen MR) is 170 cm³/mol. The van der Waals surface area contributed by atoms with Crippen molar-refractivity contribution in [2.75, 3.05) is 38.3 Å². The molecule has 49 heavy (non-hydrogen) atoms. The third kappa shape index (κ3) is 6.62. The maximum Gasteiger partial charge on any atom is 0.450 e. The van der Waals surface area contributed by atoms with E-state index in [9.17, 15) is 27.5 Å². The number of aromatic nitrogens is 3. The molecule has 2 atom stereocenters. The van der Waals surface area contributed by atoms with Crippen molar-refractivity contribution < 1.29 is 46.1 Å². The smallest absolute Gasteiger partial charge is 0.450 e. The summed E-state index contributed by atoms with van der Waals surface area (Å²) in [6.07, 6.45) is 0.119. The van der Waals surface area contributed by atoms with Gasteiger partial charge in [0.05, 0.1) is 18.3 Å². The quantitative estimate of drug-likeness (QED) is 0.136. The molecule has 0 aliphatic carbocycles. The van der Waals surface area contributed by atoms with E-state index in [4.69, 9.17) is 20.6 Å².